The van der Waals surface area contributed by atoms with Crippen LogP contribution in [0, 0.1) is 5.92 Å². The van der Waals surface area contributed by atoms with Gasteiger partial charge >= 0.3 is 0 Å². The van der Waals surface area contributed by atoms with Crippen molar-refractivity contribution >= 4 is 21.0 Å². The molecule has 1 fully saturated rings. The Labute approximate surface area is 149 Å². The highest BCUT2D eigenvalue weighted by Gasteiger charge is 2.23. The summed E-state index contributed by atoms with van der Waals surface area (Å²) >= 11 is 0. The fourth-order valence-corrected chi connectivity index (χ4v) is 4.22. The van der Waals surface area contributed by atoms with Gasteiger partial charge in [0.25, 0.3) is 0 Å². The van der Waals surface area contributed by atoms with E-state index in [1.54, 1.807) is 7.11 Å². The van der Waals surface area contributed by atoms with Gasteiger partial charge in [-0.2, -0.15) is 0 Å². The maximum Gasteiger partial charge on any atom is 0.194 e. The Morgan fingerprint density at radius 1 is 1.28 bits per heavy atom. The highest BCUT2D eigenvalue weighted by atomic mass is 32.2. The number of aryl methyl sites for hydroxylation is 1. The quantitative estimate of drug-likeness (QED) is 0.787. The molecule has 0 saturated heterocycles. The first kappa shape index (κ1) is 18.3. The van der Waals surface area contributed by atoms with Crippen LogP contribution in [0.5, 0.6) is 0 Å². The minimum atomic E-state index is -3.34. The van der Waals surface area contributed by atoms with E-state index in [9.17, 15) is 8.42 Å². The van der Waals surface area contributed by atoms with E-state index >= 15 is 0 Å². The van der Waals surface area contributed by atoms with Gasteiger partial charge < -0.3 is 9.30 Å². The zero-order chi connectivity index (χ0) is 18.0. The Morgan fingerprint density at radius 2 is 2.00 bits per heavy atom. The van der Waals surface area contributed by atoms with Crippen molar-refractivity contribution in [3.05, 3.63) is 18.0 Å². The van der Waals surface area contributed by atoms with E-state index in [2.05, 4.69) is 21.5 Å². The summed E-state index contributed by atoms with van der Waals surface area (Å²) in [6.07, 6.45) is 9.43. The Hall–Kier alpha value is -1.47. The van der Waals surface area contributed by atoms with Gasteiger partial charge in [0.2, 0.25) is 0 Å². The van der Waals surface area contributed by atoms with E-state index in [-0.39, 0.29) is 5.03 Å². The summed E-state index contributed by atoms with van der Waals surface area (Å²) in [6, 6.07) is 2.00. The monoisotopic (exact) mass is 365 g/mol. The molecule has 0 N–H and O–H groups in total. The summed E-state index contributed by atoms with van der Waals surface area (Å²) in [7, 11) is -1.55. The average Bonchev–Trinajstić information content (AvgIpc) is 2.92. The minimum absolute atomic E-state index is 0.0424. The molecule has 3 rings (SSSR count). The van der Waals surface area contributed by atoms with Crippen LogP contribution in [0.2, 0.25) is 0 Å². The second kappa shape index (κ2) is 7.41. The molecule has 1 aliphatic rings. The van der Waals surface area contributed by atoms with E-state index in [1.165, 1.54) is 18.1 Å². The molecule has 7 heteroatoms. The Balaban J connectivity index is 1.91. The van der Waals surface area contributed by atoms with E-state index < -0.39 is 9.84 Å². The standard InChI is InChI=1S/C18H27N3O3S/c1-4-5-14-10-16-18(19-11-17(20-16)25(3,22)23)21(14)12-13-6-8-15(24-2)9-7-13/h10-11,13,15H,4-9,12H2,1-3H3. The molecule has 0 aromatic carbocycles. The summed E-state index contributed by atoms with van der Waals surface area (Å²) in [5.41, 5.74) is 2.67. The molecule has 2 aromatic rings. The largest absolute Gasteiger partial charge is 0.381 e. The van der Waals surface area contributed by atoms with E-state index in [0.717, 1.165) is 50.7 Å². The van der Waals surface area contributed by atoms with Gasteiger partial charge in [0.05, 0.1) is 12.3 Å². The second-order valence-corrected chi connectivity index (χ2v) is 9.03. The molecule has 6 nitrogen and oxygen atoms in total. The van der Waals surface area contributed by atoms with Gasteiger partial charge in [-0.05, 0) is 44.1 Å². The summed E-state index contributed by atoms with van der Waals surface area (Å²) in [4.78, 5) is 8.78. The first-order valence-corrected chi connectivity index (χ1v) is 10.9. The van der Waals surface area contributed by atoms with Crippen LogP contribution in [0.15, 0.2) is 17.3 Å². The lowest BCUT2D eigenvalue weighted by Gasteiger charge is -2.28. The first-order chi connectivity index (χ1) is 11.9. The molecule has 1 saturated carbocycles. The van der Waals surface area contributed by atoms with Crippen LogP contribution in [-0.4, -0.2) is 42.4 Å². The summed E-state index contributed by atoms with van der Waals surface area (Å²) < 4.78 is 31.2. The fourth-order valence-electron chi connectivity index (χ4n) is 3.71. The van der Waals surface area contributed by atoms with Gasteiger partial charge in [0.1, 0.15) is 5.52 Å². The number of aromatic nitrogens is 3. The number of hydrogen-bond acceptors (Lipinski definition) is 5. The summed E-state index contributed by atoms with van der Waals surface area (Å²) in [5, 5.41) is 0.0424. The Morgan fingerprint density at radius 3 is 2.60 bits per heavy atom. The van der Waals surface area contributed by atoms with Crippen LogP contribution in [0.25, 0.3) is 11.2 Å². The molecule has 0 atom stereocenters. The zero-order valence-electron chi connectivity index (χ0n) is 15.2. The summed E-state index contributed by atoms with van der Waals surface area (Å²) in [6.45, 7) is 3.07. The van der Waals surface area contributed by atoms with Crippen LogP contribution >= 0.6 is 0 Å². The third kappa shape index (κ3) is 4.03. The highest BCUT2D eigenvalue weighted by Crippen LogP contribution is 2.29. The molecular formula is C18H27N3O3S. The Kier molecular flexibility index (Phi) is 5.43. The molecular weight excluding hydrogens is 338 g/mol. The maximum atomic E-state index is 11.7. The van der Waals surface area contributed by atoms with Crippen molar-refractivity contribution in [1.82, 2.24) is 14.5 Å². The molecule has 1 aliphatic carbocycles. The zero-order valence-corrected chi connectivity index (χ0v) is 16.1. The average molecular weight is 365 g/mol. The lowest BCUT2D eigenvalue weighted by molar-refractivity contribution is 0.0543. The third-order valence-electron chi connectivity index (χ3n) is 5.12. The molecule has 0 spiro atoms. The molecule has 0 amide bonds. The lowest BCUT2D eigenvalue weighted by Crippen LogP contribution is -2.23. The van der Waals surface area contributed by atoms with Crippen LogP contribution in [0.4, 0.5) is 0 Å². The van der Waals surface area contributed by atoms with E-state index in [0.29, 0.717) is 17.5 Å². The Bertz CT molecular complexity index is 837. The minimum Gasteiger partial charge on any atom is -0.381 e. The molecule has 0 radical (unpaired) electrons. The number of ether oxygens (including phenoxy) is 1. The number of rotatable bonds is 6. The van der Waals surface area contributed by atoms with Gasteiger partial charge in [-0.3, -0.25) is 0 Å². The molecule has 0 bridgehead atoms. The number of hydrogen-bond donors (Lipinski definition) is 0. The molecule has 25 heavy (non-hydrogen) atoms. The van der Waals surface area contributed by atoms with E-state index in [4.69, 9.17) is 4.74 Å². The van der Waals surface area contributed by atoms with Gasteiger partial charge in [0.15, 0.2) is 20.5 Å². The van der Waals surface area contributed by atoms with Gasteiger partial charge in [-0.15, -0.1) is 0 Å². The predicted octanol–water partition coefficient (Wildman–Crippen LogP) is 2.99. The van der Waals surface area contributed by atoms with E-state index in [1.807, 2.05) is 6.07 Å². The van der Waals surface area contributed by atoms with Crippen molar-refractivity contribution in [1.29, 1.82) is 0 Å². The van der Waals surface area contributed by atoms with Crippen molar-refractivity contribution in [3.63, 3.8) is 0 Å². The van der Waals surface area contributed by atoms with Crippen molar-refractivity contribution in [2.24, 2.45) is 5.92 Å². The molecule has 138 valence electrons. The number of nitrogens with zero attached hydrogens (tertiary/aromatic N) is 3. The lowest BCUT2D eigenvalue weighted by atomic mass is 9.87. The van der Waals surface area contributed by atoms with Gasteiger partial charge in [-0.25, -0.2) is 18.4 Å². The normalized spacial score (nSPS) is 21.7. The van der Waals surface area contributed by atoms with Crippen molar-refractivity contribution in [2.75, 3.05) is 13.4 Å². The first-order valence-electron chi connectivity index (χ1n) is 9.00. The maximum absolute atomic E-state index is 11.7. The summed E-state index contributed by atoms with van der Waals surface area (Å²) in [5.74, 6) is 0.606. The van der Waals surface area contributed by atoms with Gasteiger partial charge in [0, 0.05) is 25.6 Å². The third-order valence-corrected chi connectivity index (χ3v) is 6.07. The second-order valence-electron chi connectivity index (χ2n) is 7.06. The fraction of sp³-hybridized carbons (Fsp3) is 0.667. The van der Waals surface area contributed by atoms with Crippen LogP contribution < -0.4 is 0 Å². The molecule has 0 unspecified atom stereocenters. The van der Waals surface area contributed by atoms with Crippen molar-refractivity contribution < 1.29 is 13.2 Å². The van der Waals surface area contributed by atoms with Crippen LogP contribution in [0.3, 0.4) is 0 Å². The highest BCUT2D eigenvalue weighted by molar-refractivity contribution is 7.90. The predicted molar refractivity (Wildman–Crippen MR) is 97.4 cm³/mol. The number of fused-ring (bicyclic) bond motifs is 1. The smallest absolute Gasteiger partial charge is 0.194 e. The van der Waals surface area contributed by atoms with Crippen LogP contribution in [-0.2, 0) is 27.5 Å². The van der Waals surface area contributed by atoms with Crippen molar-refractivity contribution in [2.45, 2.75) is 63.1 Å². The topological polar surface area (TPSA) is 74.1 Å². The molecule has 2 aromatic heterocycles. The SMILES string of the molecule is CCCc1cc2nc(S(C)(=O)=O)cnc2n1CC1CCC(OC)CC1. The van der Waals surface area contributed by atoms with Crippen LogP contribution in [0.1, 0.15) is 44.7 Å². The molecule has 0 aliphatic heterocycles. The van der Waals surface area contributed by atoms with Gasteiger partial charge in [-0.1, -0.05) is 13.3 Å². The molecule has 2 heterocycles. The number of methoxy groups -OCH3 is 1. The number of sulfone groups is 1. The van der Waals surface area contributed by atoms with Crippen molar-refractivity contribution in [3.8, 4) is 0 Å².